The zero-order chi connectivity index (χ0) is 8.81. The molecule has 72 valence electrons. The first-order valence-corrected chi connectivity index (χ1v) is 5.52. The molecule has 1 saturated heterocycles. The highest BCUT2D eigenvalue weighted by Gasteiger charge is 2.17. The minimum Gasteiger partial charge on any atom is -0.383 e. The first kappa shape index (κ1) is 10.7. The van der Waals surface area contributed by atoms with Crippen LogP contribution in [0.2, 0.25) is 0 Å². The van der Waals surface area contributed by atoms with Crippen molar-refractivity contribution in [1.29, 1.82) is 0 Å². The number of nitrogens with one attached hydrogen (secondary N) is 1. The summed E-state index contributed by atoms with van der Waals surface area (Å²) in [6, 6.07) is 0.726. The van der Waals surface area contributed by atoms with Gasteiger partial charge in [0.2, 0.25) is 0 Å². The summed E-state index contributed by atoms with van der Waals surface area (Å²) >= 11 is 2.25. The minimum absolute atomic E-state index is 0.726. The van der Waals surface area contributed by atoms with Crippen LogP contribution in [0, 0.1) is 0 Å². The number of nitrogens with zero attached hydrogens (tertiary/aromatic N) is 1. The maximum Gasteiger partial charge on any atom is 0.0589 e. The summed E-state index contributed by atoms with van der Waals surface area (Å²) in [6.45, 7) is 4.38. The van der Waals surface area contributed by atoms with Crippen molar-refractivity contribution >= 4 is 22.9 Å². The summed E-state index contributed by atoms with van der Waals surface area (Å²) in [5.41, 5.74) is 0. The summed E-state index contributed by atoms with van der Waals surface area (Å²) in [5.74, 6) is 0. The molecule has 1 aliphatic rings. The normalized spacial score (nSPS) is 21.5. The van der Waals surface area contributed by atoms with Crippen LogP contribution in [0.5, 0.6) is 0 Å². The zero-order valence-corrected chi connectivity index (χ0v) is 9.71. The van der Waals surface area contributed by atoms with Crippen molar-refractivity contribution in [1.82, 2.24) is 8.43 Å². The van der Waals surface area contributed by atoms with E-state index in [0.29, 0.717) is 0 Å². The Hall–Kier alpha value is 0.610. The fourth-order valence-corrected chi connectivity index (χ4v) is 2.11. The van der Waals surface area contributed by atoms with E-state index in [1.807, 2.05) is 0 Å². The molecule has 12 heavy (non-hydrogen) atoms. The molecule has 1 aliphatic heterocycles. The van der Waals surface area contributed by atoms with Gasteiger partial charge in [-0.1, -0.05) is 0 Å². The lowest BCUT2D eigenvalue weighted by Crippen LogP contribution is -2.40. The second-order valence-corrected chi connectivity index (χ2v) is 3.84. The van der Waals surface area contributed by atoms with Gasteiger partial charge in [0.25, 0.3) is 0 Å². The summed E-state index contributed by atoms with van der Waals surface area (Å²) in [5, 5.41) is 0. The van der Waals surface area contributed by atoms with Crippen molar-refractivity contribution in [2.75, 3.05) is 33.4 Å². The third-order valence-electron chi connectivity index (χ3n) is 2.35. The van der Waals surface area contributed by atoms with Crippen LogP contribution in [0.1, 0.15) is 12.8 Å². The number of likely N-dealkylation sites (tertiary alicyclic amines) is 1. The number of halogens is 1. The number of methoxy groups -OCH3 is 1. The molecule has 0 saturated carbocycles. The molecule has 0 radical (unpaired) electrons. The van der Waals surface area contributed by atoms with E-state index in [4.69, 9.17) is 4.74 Å². The highest BCUT2D eigenvalue weighted by atomic mass is 127. The van der Waals surface area contributed by atoms with E-state index in [1.165, 1.54) is 25.9 Å². The maximum absolute atomic E-state index is 5.04. The quantitative estimate of drug-likeness (QED) is 0.616. The summed E-state index contributed by atoms with van der Waals surface area (Å²) in [4.78, 5) is 2.47. The predicted molar refractivity (Wildman–Crippen MR) is 58.5 cm³/mol. The van der Waals surface area contributed by atoms with Crippen LogP contribution in [0.15, 0.2) is 0 Å². The largest absolute Gasteiger partial charge is 0.383 e. The molecule has 0 atom stereocenters. The van der Waals surface area contributed by atoms with E-state index in [9.17, 15) is 0 Å². The number of hydrogen-bond acceptors (Lipinski definition) is 3. The van der Waals surface area contributed by atoms with Gasteiger partial charge in [0.1, 0.15) is 0 Å². The van der Waals surface area contributed by atoms with Gasteiger partial charge in [-0.3, -0.25) is 3.53 Å². The topological polar surface area (TPSA) is 24.5 Å². The van der Waals surface area contributed by atoms with Gasteiger partial charge in [-0.15, -0.1) is 0 Å². The molecule has 0 aromatic heterocycles. The third-order valence-corrected chi connectivity index (χ3v) is 3.23. The monoisotopic (exact) mass is 284 g/mol. The SMILES string of the molecule is COCCN1CCC(NI)CC1. The Morgan fingerprint density at radius 2 is 2.17 bits per heavy atom. The number of rotatable bonds is 4. The fraction of sp³-hybridized carbons (Fsp3) is 1.00. The van der Waals surface area contributed by atoms with Crippen molar-refractivity contribution in [3.05, 3.63) is 0 Å². The van der Waals surface area contributed by atoms with Crippen molar-refractivity contribution in [2.24, 2.45) is 0 Å². The molecule has 4 heteroatoms. The Bertz CT molecular complexity index is 116. The second kappa shape index (κ2) is 6.12. The first-order valence-electron chi connectivity index (χ1n) is 4.44. The van der Waals surface area contributed by atoms with Crippen molar-refractivity contribution in [3.8, 4) is 0 Å². The van der Waals surface area contributed by atoms with Gasteiger partial charge >= 0.3 is 0 Å². The Morgan fingerprint density at radius 3 is 2.67 bits per heavy atom. The van der Waals surface area contributed by atoms with Gasteiger partial charge in [0, 0.05) is 42.6 Å². The second-order valence-electron chi connectivity index (χ2n) is 3.22. The Morgan fingerprint density at radius 1 is 1.50 bits per heavy atom. The molecule has 1 fully saturated rings. The van der Waals surface area contributed by atoms with E-state index in [2.05, 4.69) is 31.3 Å². The molecular weight excluding hydrogens is 267 g/mol. The first-order chi connectivity index (χ1) is 5.86. The number of ether oxygens (including phenoxy) is 1. The van der Waals surface area contributed by atoms with E-state index < -0.39 is 0 Å². The van der Waals surface area contributed by atoms with Crippen LogP contribution in [-0.2, 0) is 4.74 Å². The van der Waals surface area contributed by atoms with Gasteiger partial charge in [-0.25, -0.2) is 0 Å². The number of piperidine rings is 1. The summed E-state index contributed by atoms with van der Waals surface area (Å²) in [6.07, 6.45) is 2.54. The third kappa shape index (κ3) is 3.55. The van der Waals surface area contributed by atoms with Gasteiger partial charge in [-0.2, -0.15) is 0 Å². The van der Waals surface area contributed by atoms with Crippen LogP contribution in [-0.4, -0.2) is 44.3 Å². The molecule has 0 aromatic carbocycles. The molecule has 0 amide bonds. The van der Waals surface area contributed by atoms with E-state index in [1.54, 1.807) is 7.11 Å². The highest BCUT2D eigenvalue weighted by molar-refractivity contribution is 14.1. The molecule has 1 rings (SSSR count). The molecule has 0 unspecified atom stereocenters. The van der Waals surface area contributed by atoms with E-state index >= 15 is 0 Å². The molecule has 0 spiro atoms. The molecule has 1 heterocycles. The maximum atomic E-state index is 5.04. The molecule has 0 aromatic rings. The van der Waals surface area contributed by atoms with Crippen molar-refractivity contribution in [3.63, 3.8) is 0 Å². The lowest BCUT2D eigenvalue weighted by Gasteiger charge is -2.30. The Kier molecular flexibility index (Phi) is 5.45. The van der Waals surface area contributed by atoms with Crippen molar-refractivity contribution < 1.29 is 4.74 Å². The van der Waals surface area contributed by atoms with E-state index in [-0.39, 0.29) is 0 Å². The Balaban J connectivity index is 2.09. The Labute approximate surface area is 88.3 Å². The van der Waals surface area contributed by atoms with Gasteiger partial charge in [0.05, 0.1) is 6.61 Å². The van der Waals surface area contributed by atoms with Crippen LogP contribution < -0.4 is 3.53 Å². The van der Waals surface area contributed by atoms with Gasteiger partial charge in [-0.05, 0) is 25.9 Å². The lowest BCUT2D eigenvalue weighted by molar-refractivity contribution is 0.130. The average Bonchev–Trinajstić information content (AvgIpc) is 2.15. The van der Waals surface area contributed by atoms with Crippen molar-refractivity contribution in [2.45, 2.75) is 18.9 Å². The molecule has 0 bridgehead atoms. The van der Waals surface area contributed by atoms with Crippen LogP contribution in [0.25, 0.3) is 0 Å². The standard InChI is InChI=1S/C8H17IN2O/c1-12-7-6-11-4-2-8(10-9)3-5-11/h8,10H,2-7H2,1H3. The minimum atomic E-state index is 0.726. The predicted octanol–water partition coefficient (Wildman–Crippen LogP) is 1.04. The molecule has 0 aliphatic carbocycles. The average molecular weight is 284 g/mol. The van der Waals surface area contributed by atoms with E-state index in [0.717, 1.165) is 19.2 Å². The summed E-state index contributed by atoms with van der Waals surface area (Å²) < 4.78 is 8.33. The highest BCUT2D eigenvalue weighted by Crippen LogP contribution is 2.10. The number of hydrogen-bond donors (Lipinski definition) is 1. The molecule has 3 nitrogen and oxygen atoms in total. The summed E-state index contributed by atoms with van der Waals surface area (Å²) in [7, 11) is 1.76. The zero-order valence-electron chi connectivity index (χ0n) is 7.55. The fourth-order valence-electron chi connectivity index (χ4n) is 1.49. The smallest absolute Gasteiger partial charge is 0.0589 e. The van der Waals surface area contributed by atoms with Crippen LogP contribution in [0.3, 0.4) is 0 Å². The van der Waals surface area contributed by atoms with Gasteiger partial charge < -0.3 is 9.64 Å². The molecular formula is C8H17IN2O. The van der Waals surface area contributed by atoms with Crippen LogP contribution >= 0.6 is 22.9 Å². The molecule has 1 N–H and O–H groups in total. The van der Waals surface area contributed by atoms with Crippen LogP contribution in [0.4, 0.5) is 0 Å². The van der Waals surface area contributed by atoms with Gasteiger partial charge in [0.15, 0.2) is 0 Å². The lowest BCUT2D eigenvalue weighted by atomic mass is 10.1.